The molecule has 0 radical (unpaired) electrons. The van der Waals surface area contributed by atoms with E-state index in [2.05, 4.69) is 10.1 Å². The lowest BCUT2D eigenvalue weighted by Gasteiger charge is -2.11. The molecule has 4 rings (SSSR count). The lowest BCUT2D eigenvalue weighted by molar-refractivity contribution is -0.134. The number of aromatic nitrogens is 1. The molecule has 0 aliphatic carbocycles. The van der Waals surface area contributed by atoms with Gasteiger partial charge in [-0.05, 0) is 17.0 Å². The zero-order chi connectivity index (χ0) is 18.6. The summed E-state index contributed by atoms with van der Waals surface area (Å²) >= 11 is 2.93. The monoisotopic (exact) mass is 397 g/mol. The molecule has 0 saturated carbocycles. The number of hydrogen-bond acceptors (Lipinski definition) is 7. The van der Waals surface area contributed by atoms with Crippen molar-refractivity contribution in [3.8, 4) is 9.88 Å². The molecule has 1 aliphatic heterocycles. The summed E-state index contributed by atoms with van der Waals surface area (Å²) in [5.41, 5.74) is 2.06. The molecule has 27 heavy (non-hydrogen) atoms. The fourth-order valence-corrected chi connectivity index (χ4v) is 4.23. The second kappa shape index (κ2) is 7.81. The van der Waals surface area contributed by atoms with E-state index in [0.717, 1.165) is 21.2 Å². The molecule has 1 amide bonds. The van der Waals surface area contributed by atoms with Crippen LogP contribution < -0.4 is 0 Å². The first-order valence-electron chi connectivity index (χ1n) is 8.30. The van der Waals surface area contributed by atoms with Crippen molar-refractivity contribution in [1.29, 1.82) is 0 Å². The van der Waals surface area contributed by atoms with Gasteiger partial charge in [-0.25, -0.2) is 14.8 Å². The minimum atomic E-state index is -0.603. The molecule has 3 aromatic rings. The van der Waals surface area contributed by atoms with E-state index in [1.807, 2.05) is 47.8 Å². The summed E-state index contributed by atoms with van der Waals surface area (Å²) in [5.74, 6) is -0.947. The number of hydrogen-bond donors (Lipinski definition) is 0. The van der Waals surface area contributed by atoms with Crippen LogP contribution in [0.1, 0.15) is 22.5 Å². The zero-order valence-corrected chi connectivity index (χ0v) is 15.8. The van der Waals surface area contributed by atoms with Crippen LogP contribution in [0, 0.1) is 0 Å². The standard InChI is InChI=1S/C19H15N3O3S2/c23-17(22-9-8-14(21-22)13-5-2-1-3-6-13)11-25-19(24)15-12-27-18(20-15)16-7-4-10-26-16/h1-7,10,12H,8-9,11H2. The number of carbonyl (C=O) groups excluding carboxylic acids is 2. The van der Waals surface area contributed by atoms with Crippen molar-refractivity contribution in [3.05, 3.63) is 64.5 Å². The number of ether oxygens (including phenoxy) is 1. The third kappa shape index (κ3) is 3.96. The van der Waals surface area contributed by atoms with E-state index >= 15 is 0 Å². The van der Waals surface area contributed by atoms with Crippen LogP contribution >= 0.6 is 22.7 Å². The van der Waals surface area contributed by atoms with Gasteiger partial charge in [0.05, 0.1) is 17.1 Å². The van der Waals surface area contributed by atoms with E-state index in [9.17, 15) is 9.59 Å². The van der Waals surface area contributed by atoms with Crippen LogP contribution in [0.15, 0.2) is 58.3 Å². The summed E-state index contributed by atoms with van der Waals surface area (Å²) in [6, 6.07) is 13.6. The number of benzene rings is 1. The van der Waals surface area contributed by atoms with Gasteiger partial charge in [-0.1, -0.05) is 36.4 Å². The Hall–Kier alpha value is -2.84. The van der Waals surface area contributed by atoms with E-state index in [-0.39, 0.29) is 18.2 Å². The molecule has 3 heterocycles. The minimum absolute atomic E-state index is 0.214. The maximum atomic E-state index is 12.3. The smallest absolute Gasteiger partial charge is 0.358 e. The van der Waals surface area contributed by atoms with Crippen molar-refractivity contribution in [3.63, 3.8) is 0 Å². The topological polar surface area (TPSA) is 71.9 Å². The molecule has 0 bridgehead atoms. The largest absolute Gasteiger partial charge is 0.451 e. The van der Waals surface area contributed by atoms with Crippen LogP contribution in [-0.2, 0) is 9.53 Å². The van der Waals surface area contributed by atoms with Gasteiger partial charge >= 0.3 is 5.97 Å². The Morgan fingerprint density at radius 1 is 1.11 bits per heavy atom. The average molecular weight is 397 g/mol. The van der Waals surface area contributed by atoms with Gasteiger partial charge in [0.25, 0.3) is 5.91 Å². The van der Waals surface area contributed by atoms with Gasteiger partial charge in [0, 0.05) is 11.8 Å². The average Bonchev–Trinajstić information content (AvgIpc) is 3.47. The van der Waals surface area contributed by atoms with Gasteiger partial charge in [-0.3, -0.25) is 4.79 Å². The first kappa shape index (κ1) is 17.6. The van der Waals surface area contributed by atoms with Crippen LogP contribution in [0.2, 0.25) is 0 Å². The normalized spacial score (nSPS) is 13.5. The van der Waals surface area contributed by atoms with Crippen molar-refractivity contribution in [2.24, 2.45) is 5.10 Å². The lowest BCUT2D eigenvalue weighted by Crippen LogP contribution is -2.28. The highest BCUT2D eigenvalue weighted by Gasteiger charge is 2.23. The van der Waals surface area contributed by atoms with Crippen LogP contribution in [0.4, 0.5) is 0 Å². The highest BCUT2D eigenvalue weighted by molar-refractivity contribution is 7.20. The molecule has 0 spiro atoms. The SMILES string of the molecule is O=C(OCC(=O)N1CCC(c2ccccc2)=N1)c1csc(-c2cccs2)n1. The van der Waals surface area contributed by atoms with Gasteiger partial charge in [0.2, 0.25) is 0 Å². The minimum Gasteiger partial charge on any atom is -0.451 e. The Morgan fingerprint density at radius 2 is 1.96 bits per heavy atom. The molecule has 2 aromatic heterocycles. The second-order valence-corrected chi connectivity index (χ2v) is 7.58. The molecule has 0 saturated heterocycles. The molecule has 6 nitrogen and oxygen atoms in total. The van der Waals surface area contributed by atoms with Crippen molar-refractivity contribution < 1.29 is 14.3 Å². The molecular weight excluding hydrogens is 382 g/mol. The summed E-state index contributed by atoms with van der Waals surface area (Å²) in [6.07, 6.45) is 0.681. The predicted molar refractivity (Wildman–Crippen MR) is 105 cm³/mol. The number of thiophene rings is 1. The first-order valence-corrected chi connectivity index (χ1v) is 10.1. The Morgan fingerprint density at radius 3 is 2.74 bits per heavy atom. The number of rotatable bonds is 5. The molecule has 136 valence electrons. The number of amides is 1. The Balaban J connectivity index is 1.34. The van der Waals surface area contributed by atoms with E-state index in [4.69, 9.17) is 4.74 Å². The van der Waals surface area contributed by atoms with Gasteiger partial charge in [-0.15, -0.1) is 22.7 Å². The Bertz CT molecular complexity index is 981. The van der Waals surface area contributed by atoms with Gasteiger partial charge < -0.3 is 4.74 Å². The van der Waals surface area contributed by atoms with Crippen LogP contribution in [0.5, 0.6) is 0 Å². The van der Waals surface area contributed by atoms with E-state index < -0.39 is 5.97 Å². The molecule has 1 aromatic carbocycles. The summed E-state index contributed by atoms with van der Waals surface area (Å²) in [5, 5.41) is 10.1. The van der Waals surface area contributed by atoms with E-state index in [1.165, 1.54) is 16.3 Å². The number of thiazole rings is 1. The van der Waals surface area contributed by atoms with Crippen molar-refractivity contribution in [1.82, 2.24) is 9.99 Å². The van der Waals surface area contributed by atoms with Gasteiger partial charge in [0.1, 0.15) is 5.01 Å². The number of esters is 1. The quantitative estimate of drug-likeness (QED) is 0.616. The maximum absolute atomic E-state index is 12.3. The molecule has 0 N–H and O–H groups in total. The molecule has 0 unspecified atom stereocenters. The van der Waals surface area contributed by atoms with Crippen molar-refractivity contribution >= 4 is 40.3 Å². The maximum Gasteiger partial charge on any atom is 0.358 e. The Kier molecular flexibility index (Phi) is 5.08. The molecule has 0 atom stereocenters. The van der Waals surface area contributed by atoms with E-state index in [0.29, 0.717) is 13.0 Å². The fourth-order valence-electron chi connectivity index (χ4n) is 2.63. The van der Waals surface area contributed by atoms with E-state index in [1.54, 1.807) is 16.7 Å². The predicted octanol–water partition coefficient (Wildman–Crippen LogP) is 3.67. The molecule has 1 aliphatic rings. The lowest BCUT2D eigenvalue weighted by atomic mass is 10.1. The first-order chi connectivity index (χ1) is 13.2. The van der Waals surface area contributed by atoms with Crippen LogP contribution in [0.3, 0.4) is 0 Å². The van der Waals surface area contributed by atoms with Crippen molar-refractivity contribution in [2.45, 2.75) is 6.42 Å². The summed E-state index contributed by atoms with van der Waals surface area (Å²) in [6.45, 7) is 0.135. The van der Waals surface area contributed by atoms with Gasteiger partial charge in [0.15, 0.2) is 12.3 Å². The van der Waals surface area contributed by atoms with Crippen LogP contribution in [-0.4, -0.2) is 40.7 Å². The second-order valence-electron chi connectivity index (χ2n) is 5.77. The third-order valence-electron chi connectivity index (χ3n) is 3.97. The molecule has 8 heteroatoms. The van der Waals surface area contributed by atoms with Crippen LogP contribution in [0.25, 0.3) is 9.88 Å². The highest BCUT2D eigenvalue weighted by Crippen LogP contribution is 2.28. The fraction of sp³-hybridized carbons (Fsp3) is 0.158. The number of hydrazone groups is 1. The third-order valence-corrected chi connectivity index (χ3v) is 5.85. The number of carbonyl (C=O) groups is 2. The zero-order valence-electron chi connectivity index (χ0n) is 14.2. The van der Waals surface area contributed by atoms with Gasteiger partial charge in [-0.2, -0.15) is 5.10 Å². The Labute approximate surface area is 163 Å². The summed E-state index contributed by atoms with van der Waals surface area (Å²) in [4.78, 5) is 29.7. The summed E-state index contributed by atoms with van der Waals surface area (Å²) in [7, 11) is 0. The summed E-state index contributed by atoms with van der Waals surface area (Å²) < 4.78 is 5.12. The molecular formula is C19H15N3O3S2. The number of nitrogens with zero attached hydrogens (tertiary/aromatic N) is 3. The highest BCUT2D eigenvalue weighted by atomic mass is 32.1. The molecule has 0 fully saturated rings. The van der Waals surface area contributed by atoms with Crippen molar-refractivity contribution in [2.75, 3.05) is 13.2 Å².